The minimum Gasteiger partial charge on any atom is -0.459 e. The van der Waals surface area contributed by atoms with Crippen LogP contribution >= 0.6 is 0 Å². The molecule has 0 spiro atoms. The van der Waals surface area contributed by atoms with Crippen molar-refractivity contribution in [3.63, 3.8) is 0 Å². The maximum absolute atomic E-state index is 12.6. The molecule has 0 unspecified atom stereocenters. The van der Waals surface area contributed by atoms with Crippen LogP contribution in [0.25, 0.3) is 11.0 Å². The van der Waals surface area contributed by atoms with E-state index in [2.05, 4.69) is 0 Å². The van der Waals surface area contributed by atoms with Crippen molar-refractivity contribution >= 4 is 16.9 Å². The summed E-state index contributed by atoms with van der Waals surface area (Å²) >= 11 is 0. The molecule has 0 bridgehead atoms. The third kappa shape index (κ3) is 2.95. The van der Waals surface area contributed by atoms with Gasteiger partial charge in [0.05, 0.1) is 6.54 Å². The smallest absolute Gasteiger partial charge is 0.252 e. The monoisotopic (exact) mass is 287 g/mol. The SMILES string of the molecule is CC(C)N(Cc1cc2ccccc2o1)C(=O)[C@H]1CCCO1. The summed E-state index contributed by atoms with van der Waals surface area (Å²) in [5, 5.41) is 1.07. The van der Waals surface area contributed by atoms with E-state index >= 15 is 0 Å². The van der Waals surface area contributed by atoms with Crippen LogP contribution in [-0.4, -0.2) is 29.6 Å². The van der Waals surface area contributed by atoms with Gasteiger partial charge in [-0.1, -0.05) is 18.2 Å². The van der Waals surface area contributed by atoms with Crippen LogP contribution in [0.2, 0.25) is 0 Å². The lowest BCUT2D eigenvalue weighted by Crippen LogP contribution is -2.42. The Balaban J connectivity index is 1.79. The van der Waals surface area contributed by atoms with Crippen LogP contribution in [0.1, 0.15) is 32.4 Å². The second-order valence-electron chi connectivity index (χ2n) is 5.81. The Morgan fingerprint density at radius 3 is 2.86 bits per heavy atom. The van der Waals surface area contributed by atoms with Crippen LogP contribution in [-0.2, 0) is 16.1 Å². The summed E-state index contributed by atoms with van der Waals surface area (Å²) in [4.78, 5) is 14.4. The van der Waals surface area contributed by atoms with Crippen LogP contribution in [0.4, 0.5) is 0 Å². The molecule has 2 heterocycles. The number of fused-ring (bicyclic) bond motifs is 1. The Bertz CT molecular complexity index is 593. The number of carbonyl (C=O) groups excluding carboxylic acids is 1. The molecule has 21 heavy (non-hydrogen) atoms. The van der Waals surface area contributed by atoms with Crippen molar-refractivity contribution in [1.29, 1.82) is 0 Å². The lowest BCUT2D eigenvalue weighted by Gasteiger charge is -2.28. The van der Waals surface area contributed by atoms with E-state index in [0.717, 1.165) is 29.6 Å². The van der Waals surface area contributed by atoms with Crippen LogP contribution in [0.5, 0.6) is 0 Å². The summed E-state index contributed by atoms with van der Waals surface area (Å²) in [6.07, 6.45) is 1.51. The van der Waals surface area contributed by atoms with Gasteiger partial charge in [-0.25, -0.2) is 0 Å². The van der Waals surface area contributed by atoms with Crippen molar-refractivity contribution in [3.05, 3.63) is 36.1 Å². The van der Waals surface area contributed by atoms with E-state index in [9.17, 15) is 4.79 Å². The average molecular weight is 287 g/mol. The van der Waals surface area contributed by atoms with Gasteiger partial charge in [-0.3, -0.25) is 4.79 Å². The highest BCUT2D eigenvalue weighted by Crippen LogP contribution is 2.22. The molecule has 0 N–H and O–H groups in total. The summed E-state index contributed by atoms with van der Waals surface area (Å²) in [5.41, 5.74) is 0.862. The summed E-state index contributed by atoms with van der Waals surface area (Å²) in [7, 11) is 0. The van der Waals surface area contributed by atoms with Gasteiger partial charge in [0.2, 0.25) is 0 Å². The van der Waals surface area contributed by atoms with Crippen molar-refractivity contribution < 1.29 is 13.9 Å². The number of benzene rings is 1. The first kappa shape index (κ1) is 14.1. The minimum absolute atomic E-state index is 0.0722. The summed E-state index contributed by atoms with van der Waals surface area (Å²) in [5.74, 6) is 0.888. The molecule has 1 atom stereocenters. The van der Waals surface area contributed by atoms with Gasteiger partial charge in [0, 0.05) is 18.0 Å². The van der Waals surface area contributed by atoms with Gasteiger partial charge in [0.1, 0.15) is 17.4 Å². The lowest BCUT2D eigenvalue weighted by molar-refractivity contribution is -0.143. The molecule has 1 aliphatic rings. The van der Waals surface area contributed by atoms with Crippen molar-refractivity contribution in [2.24, 2.45) is 0 Å². The Hall–Kier alpha value is -1.81. The number of hydrogen-bond donors (Lipinski definition) is 0. The number of furan rings is 1. The number of para-hydroxylation sites is 1. The second kappa shape index (κ2) is 5.90. The number of hydrogen-bond acceptors (Lipinski definition) is 3. The van der Waals surface area contributed by atoms with E-state index in [1.165, 1.54) is 0 Å². The first-order valence-electron chi connectivity index (χ1n) is 7.54. The molecule has 1 aromatic heterocycles. The second-order valence-corrected chi connectivity index (χ2v) is 5.81. The third-order valence-corrected chi connectivity index (χ3v) is 3.91. The highest BCUT2D eigenvalue weighted by molar-refractivity contribution is 5.82. The quantitative estimate of drug-likeness (QED) is 0.866. The zero-order chi connectivity index (χ0) is 14.8. The zero-order valence-corrected chi connectivity index (χ0v) is 12.5. The van der Waals surface area contributed by atoms with Gasteiger partial charge in [-0.05, 0) is 38.8 Å². The Kier molecular flexibility index (Phi) is 3.97. The van der Waals surface area contributed by atoms with Crippen molar-refractivity contribution in [2.45, 2.75) is 45.4 Å². The molecule has 112 valence electrons. The van der Waals surface area contributed by atoms with E-state index < -0.39 is 0 Å². The van der Waals surface area contributed by atoms with Gasteiger partial charge in [-0.15, -0.1) is 0 Å². The maximum atomic E-state index is 12.6. The molecular weight excluding hydrogens is 266 g/mol. The fourth-order valence-electron chi connectivity index (χ4n) is 2.76. The molecule has 1 amide bonds. The lowest BCUT2D eigenvalue weighted by atomic mass is 10.2. The van der Waals surface area contributed by atoms with Gasteiger partial charge in [0.15, 0.2) is 0 Å². The summed E-state index contributed by atoms with van der Waals surface area (Å²) < 4.78 is 11.3. The van der Waals surface area contributed by atoms with Crippen LogP contribution in [0.3, 0.4) is 0 Å². The molecule has 3 rings (SSSR count). The van der Waals surface area contributed by atoms with Gasteiger partial charge < -0.3 is 14.1 Å². The minimum atomic E-state index is -0.281. The number of carbonyl (C=O) groups is 1. The number of nitrogens with zero attached hydrogens (tertiary/aromatic N) is 1. The van der Waals surface area contributed by atoms with Crippen LogP contribution in [0.15, 0.2) is 34.7 Å². The summed E-state index contributed by atoms with van der Waals surface area (Å²) in [6.45, 7) is 5.23. The van der Waals surface area contributed by atoms with E-state index in [0.29, 0.717) is 13.2 Å². The van der Waals surface area contributed by atoms with E-state index in [4.69, 9.17) is 9.15 Å². The molecule has 4 heteroatoms. The molecule has 0 saturated carbocycles. The van der Waals surface area contributed by atoms with Crippen molar-refractivity contribution in [3.8, 4) is 0 Å². The predicted octanol–water partition coefficient (Wildman–Crippen LogP) is 3.35. The van der Waals surface area contributed by atoms with Gasteiger partial charge >= 0.3 is 0 Å². The molecule has 1 saturated heterocycles. The molecule has 2 aromatic rings. The average Bonchev–Trinajstić information content (AvgIpc) is 3.12. The standard InChI is InChI=1S/C17H21NO3/c1-12(2)18(17(19)16-8-5-9-20-16)11-14-10-13-6-3-4-7-15(13)21-14/h3-4,6-7,10,12,16H,5,8-9,11H2,1-2H3/t16-/m1/s1. The fourth-order valence-corrected chi connectivity index (χ4v) is 2.76. The predicted molar refractivity (Wildman–Crippen MR) is 80.9 cm³/mol. The Labute approximate surface area is 124 Å². The maximum Gasteiger partial charge on any atom is 0.252 e. The highest BCUT2D eigenvalue weighted by Gasteiger charge is 2.30. The molecular formula is C17H21NO3. The Morgan fingerprint density at radius 2 is 2.19 bits per heavy atom. The molecule has 0 radical (unpaired) electrons. The first-order chi connectivity index (χ1) is 10.1. The van der Waals surface area contributed by atoms with Crippen molar-refractivity contribution in [1.82, 2.24) is 4.90 Å². The molecule has 4 nitrogen and oxygen atoms in total. The highest BCUT2D eigenvalue weighted by atomic mass is 16.5. The molecule has 1 fully saturated rings. The van der Waals surface area contributed by atoms with Gasteiger partial charge in [0.25, 0.3) is 5.91 Å². The number of ether oxygens (including phenoxy) is 1. The zero-order valence-electron chi connectivity index (χ0n) is 12.5. The van der Waals surface area contributed by atoms with Crippen LogP contribution < -0.4 is 0 Å². The van der Waals surface area contributed by atoms with E-state index in [-0.39, 0.29) is 18.1 Å². The largest absolute Gasteiger partial charge is 0.459 e. The first-order valence-corrected chi connectivity index (χ1v) is 7.54. The summed E-state index contributed by atoms with van der Waals surface area (Å²) in [6, 6.07) is 10.0. The topological polar surface area (TPSA) is 42.7 Å². The van der Waals surface area contributed by atoms with E-state index in [1.54, 1.807) is 0 Å². The fraction of sp³-hybridized carbons (Fsp3) is 0.471. The number of amides is 1. The van der Waals surface area contributed by atoms with Crippen LogP contribution in [0, 0.1) is 0 Å². The Morgan fingerprint density at radius 1 is 1.38 bits per heavy atom. The molecule has 1 aromatic carbocycles. The third-order valence-electron chi connectivity index (χ3n) is 3.91. The number of rotatable bonds is 4. The molecule has 1 aliphatic heterocycles. The normalized spacial score (nSPS) is 18.5. The van der Waals surface area contributed by atoms with Gasteiger partial charge in [-0.2, -0.15) is 0 Å². The van der Waals surface area contributed by atoms with E-state index in [1.807, 2.05) is 49.1 Å². The van der Waals surface area contributed by atoms with Crippen molar-refractivity contribution in [2.75, 3.05) is 6.61 Å². The molecule has 0 aliphatic carbocycles.